The van der Waals surface area contributed by atoms with E-state index in [2.05, 4.69) is 32.3 Å². The van der Waals surface area contributed by atoms with Crippen molar-refractivity contribution in [1.82, 2.24) is 15.5 Å². The number of hydrogen-bond acceptors (Lipinski definition) is 5. The van der Waals surface area contributed by atoms with E-state index >= 15 is 0 Å². The van der Waals surface area contributed by atoms with E-state index in [9.17, 15) is 0 Å². The Morgan fingerprint density at radius 2 is 2.53 bits per heavy atom. The quantitative estimate of drug-likeness (QED) is 0.906. The van der Waals surface area contributed by atoms with Gasteiger partial charge in [0.1, 0.15) is 0 Å². The van der Waals surface area contributed by atoms with Crippen molar-refractivity contribution in [1.29, 1.82) is 0 Å². The van der Waals surface area contributed by atoms with E-state index in [-0.39, 0.29) is 0 Å². The van der Waals surface area contributed by atoms with Crippen LogP contribution in [0.25, 0.3) is 0 Å². The summed E-state index contributed by atoms with van der Waals surface area (Å²) in [4.78, 5) is 4.50. The van der Waals surface area contributed by atoms with Crippen LogP contribution in [0.2, 0.25) is 0 Å². The summed E-state index contributed by atoms with van der Waals surface area (Å²) in [6.45, 7) is 2.08. The highest BCUT2D eigenvalue weighted by Gasteiger charge is 2.20. The van der Waals surface area contributed by atoms with Gasteiger partial charge >= 0.3 is 0 Å². The minimum absolute atomic E-state index is 0.420. The number of aromatic nitrogens is 2. The lowest BCUT2D eigenvalue weighted by Gasteiger charge is -2.19. The van der Waals surface area contributed by atoms with E-state index in [0.717, 1.165) is 37.6 Å². The highest BCUT2D eigenvalue weighted by atomic mass is 32.1. The van der Waals surface area contributed by atoms with Gasteiger partial charge in [0, 0.05) is 12.5 Å². The normalized spacial score (nSPS) is 20.6. The third-order valence-corrected chi connectivity index (χ3v) is 3.81. The van der Waals surface area contributed by atoms with Crippen molar-refractivity contribution in [3.8, 4) is 0 Å². The topological polar surface area (TPSA) is 51.0 Å². The molecule has 0 aliphatic carbocycles. The first-order valence-electron chi connectivity index (χ1n) is 5.96. The molecule has 3 heterocycles. The van der Waals surface area contributed by atoms with Gasteiger partial charge < -0.3 is 9.84 Å². The second-order valence-electron chi connectivity index (χ2n) is 4.40. The van der Waals surface area contributed by atoms with Gasteiger partial charge in [0.05, 0.1) is 6.42 Å². The molecule has 1 unspecified atom stereocenters. The first-order valence-corrected chi connectivity index (χ1v) is 6.90. The molecular formula is C12H15N3OS. The van der Waals surface area contributed by atoms with E-state index < -0.39 is 0 Å². The van der Waals surface area contributed by atoms with Gasteiger partial charge in [-0.3, -0.25) is 0 Å². The summed E-state index contributed by atoms with van der Waals surface area (Å²) in [7, 11) is 0. The summed E-state index contributed by atoms with van der Waals surface area (Å²) in [5.74, 6) is 2.01. The van der Waals surface area contributed by atoms with Gasteiger partial charge in [-0.25, -0.2) is 0 Å². The summed E-state index contributed by atoms with van der Waals surface area (Å²) in [5, 5.41) is 11.7. The predicted molar refractivity (Wildman–Crippen MR) is 66.3 cm³/mol. The molecule has 0 aromatic carbocycles. The number of nitrogens with one attached hydrogen (secondary N) is 1. The maximum Gasteiger partial charge on any atom is 0.231 e. The van der Waals surface area contributed by atoms with Gasteiger partial charge in [-0.1, -0.05) is 5.16 Å². The van der Waals surface area contributed by atoms with Crippen LogP contribution in [0, 0.1) is 0 Å². The molecule has 1 saturated heterocycles. The van der Waals surface area contributed by atoms with Crippen LogP contribution in [0.4, 0.5) is 0 Å². The van der Waals surface area contributed by atoms with Crippen molar-refractivity contribution in [2.75, 3.05) is 13.1 Å². The second-order valence-corrected chi connectivity index (χ2v) is 5.18. The fourth-order valence-electron chi connectivity index (χ4n) is 2.15. The molecule has 0 bridgehead atoms. The Labute approximate surface area is 104 Å². The lowest BCUT2D eigenvalue weighted by molar-refractivity contribution is 0.366. The Morgan fingerprint density at radius 1 is 1.53 bits per heavy atom. The average Bonchev–Trinajstić information content (AvgIpc) is 3.02. The molecule has 17 heavy (non-hydrogen) atoms. The zero-order chi connectivity index (χ0) is 11.5. The van der Waals surface area contributed by atoms with Crippen LogP contribution >= 0.6 is 11.3 Å². The molecule has 2 aromatic rings. The number of piperidine rings is 1. The van der Waals surface area contributed by atoms with Crippen molar-refractivity contribution >= 4 is 11.3 Å². The van der Waals surface area contributed by atoms with Crippen LogP contribution in [0.5, 0.6) is 0 Å². The van der Waals surface area contributed by atoms with Crippen molar-refractivity contribution in [3.63, 3.8) is 0 Å². The van der Waals surface area contributed by atoms with Crippen LogP contribution in [-0.2, 0) is 6.42 Å². The molecule has 0 saturated carbocycles. The molecule has 90 valence electrons. The smallest absolute Gasteiger partial charge is 0.231 e. The Hall–Kier alpha value is -1.20. The molecule has 1 atom stereocenters. The minimum Gasteiger partial charge on any atom is -0.339 e. The van der Waals surface area contributed by atoms with Gasteiger partial charge in [0.15, 0.2) is 5.82 Å². The van der Waals surface area contributed by atoms with Crippen molar-refractivity contribution in [3.05, 3.63) is 34.1 Å². The summed E-state index contributed by atoms with van der Waals surface area (Å²) < 4.78 is 5.31. The molecule has 1 N–H and O–H groups in total. The van der Waals surface area contributed by atoms with E-state index in [1.807, 2.05) is 0 Å². The molecule has 0 amide bonds. The zero-order valence-corrected chi connectivity index (χ0v) is 10.4. The average molecular weight is 249 g/mol. The Kier molecular flexibility index (Phi) is 3.20. The van der Waals surface area contributed by atoms with Crippen LogP contribution in [0.15, 0.2) is 21.3 Å². The number of rotatable bonds is 3. The molecule has 5 heteroatoms. The molecule has 0 spiro atoms. The van der Waals surface area contributed by atoms with Crippen LogP contribution < -0.4 is 5.32 Å². The third kappa shape index (κ3) is 2.56. The number of nitrogens with zero attached hydrogens (tertiary/aromatic N) is 2. The summed E-state index contributed by atoms with van der Waals surface area (Å²) >= 11 is 1.69. The minimum atomic E-state index is 0.420. The monoisotopic (exact) mass is 249 g/mol. The highest BCUT2D eigenvalue weighted by Crippen LogP contribution is 2.21. The molecule has 3 rings (SSSR count). The van der Waals surface area contributed by atoms with Crippen molar-refractivity contribution in [2.24, 2.45) is 0 Å². The van der Waals surface area contributed by atoms with Gasteiger partial charge in [0.25, 0.3) is 0 Å². The maximum absolute atomic E-state index is 5.31. The van der Waals surface area contributed by atoms with Crippen molar-refractivity contribution < 1.29 is 4.52 Å². The molecule has 2 aromatic heterocycles. The lowest BCUT2D eigenvalue weighted by atomic mass is 9.99. The Bertz CT molecular complexity index is 460. The maximum atomic E-state index is 5.31. The first-order chi connectivity index (χ1) is 8.42. The lowest BCUT2D eigenvalue weighted by Crippen LogP contribution is -2.28. The van der Waals surface area contributed by atoms with Gasteiger partial charge in [-0.2, -0.15) is 16.3 Å². The molecule has 1 aliphatic rings. The Balaban J connectivity index is 1.69. The van der Waals surface area contributed by atoms with E-state index in [0.29, 0.717) is 5.92 Å². The fraction of sp³-hybridized carbons (Fsp3) is 0.500. The summed E-state index contributed by atoms with van der Waals surface area (Å²) in [6, 6.07) is 2.09. The predicted octanol–water partition coefficient (Wildman–Crippen LogP) is 2.19. The Morgan fingerprint density at radius 3 is 3.29 bits per heavy atom. The van der Waals surface area contributed by atoms with Crippen LogP contribution in [0.1, 0.15) is 36.0 Å². The number of thiophene rings is 1. The largest absolute Gasteiger partial charge is 0.339 e. The second kappa shape index (κ2) is 4.98. The summed E-state index contributed by atoms with van der Waals surface area (Å²) in [6.07, 6.45) is 3.10. The standard InChI is InChI=1S/C12H15N3OS/c1-2-10(7-13-4-1)12-14-11(16-15-12)6-9-3-5-17-8-9/h3,5,8,10,13H,1-2,4,6-7H2. The van der Waals surface area contributed by atoms with E-state index in [1.54, 1.807) is 11.3 Å². The molecule has 1 aliphatic heterocycles. The number of hydrogen-bond donors (Lipinski definition) is 1. The third-order valence-electron chi connectivity index (χ3n) is 3.08. The molecule has 1 fully saturated rings. The molecule has 0 radical (unpaired) electrons. The highest BCUT2D eigenvalue weighted by molar-refractivity contribution is 7.07. The van der Waals surface area contributed by atoms with Gasteiger partial charge in [-0.15, -0.1) is 0 Å². The van der Waals surface area contributed by atoms with Crippen LogP contribution in [0.3, 0.4) is 0 Å². The molecular weight excluding hydrogens is 234 g/mol. The fourth-order valence-corrected chi connectivity index (χ4v) is 2.81. The zero-order valence-electron chi connectivity index (χ0n) is 9.56. The van der Waals surface area contributed by atoms with Gasteiger partial charge in [0.2, 0.25) is 5.89 Å². The van der Waals surface area contributed by atoms with E-state index in [4.69, 9.17) is 4.52 Å². The molecule has 4 nitrogen and oxygen atoms in total. The van der Waals surface area contributed by atoms with E-state index in [1.165, 1.54) is 12.0 Å². The summed E-state index contributed by atoms with van der Waals surface area (Å²) in [5.41, 5.74) is 1.24. The van der Waals surface area contributed by atoms with Crippen LogP contribution in [-0.4, -0.2) is 23.2 Å². The SMILES string of the molecule is c1cc(Cc2nc(C3CCCNC3)no2)cs1. The van der Waals surface area contributed by atoms with Gasteiger partial charge in [-0.05, 0) is 41.8 Å². The first kappa shape index (κ1) is 10.9. The van der Waals surface area contributed by atoms with Crippen molar-refractivity contribution in [2.45, 2.75) is 25.2 Å².